The third-order valence-corrected chi connectivity index (χ3v) is 6.54. The molecule has 1 aliphatic carbocycles. The van der Waals surface area contributed by atoms with Crippen LogP contribution in [0.2, 0.25) is 0 Å². The van der Waals surface area contributed by atoms with Gasteiger partial charge in [0.05, 0.1) is 10.6 Å². The van der Waals surface area contributed by atoms with Crippen molar-refractivity contribution in [2.24, 2.45) is 0 Å². The van der Waals surface area contributed by atoms with E-state index in [1.165, 1.54) is 5.56 Å². The average Bonchev–Trinajstić information content (AvgIpc) is 2.75. The van der Waals surface area contributed by atoms with Crippen molar-refractivity contribution in [1.82, 2.24) is 4.98 Å². The molecule has 4 rings (SSSR count). The molecule has 0 fully saturated rings. The molecular weight excluding hydrogens is 398 g/mol. The van der Waals surface area contributed by atoms with Crippen LogP contribution in [0, 0.1) is 18.3 Å². The van der Waals surface area contributed by atoms with E-state index in [2.05, 4.69) is 9.71 Å². The quantitative estimate of drug-likeness (QED) is 0.645. The summed E-state index contributed by atoms with van der Waals surface area (Å²) in [5, 5.41) is 9.16. The lowest BCUT2D eigenvalue weighted by molar-refractivity contribution is 0.461. The molecule has 7 heteroatoms. The molecule has 30 heavy (non-hydrogen) atoms. The number of anilines is 1. The van der Waals surface area contributed by atoms with E-state index in [1.54, 1.807) is 55.6 Å². The number of sulfonamides is 1. The fourth-order valence-electron chi connectivity index (χ4n) is 3.56. The van der Waals surface area contributed by atoms with Gasteiger partial charge in [-0.3, -0.25) is 4.72 Å². The number of aromatic nitrogens is 1. The maximum atomic E-state index is 12.9. The highest BCUT2D eigenvalue weighted by Crippen LogP contribution is 2.29. The van der Waals surface area contributed by atoms with Crippen LogP contribution in [-0.4, -0.2) is 13.4 Å². The summed E-state index contributed by atoms with van der Waals surface area (Å²) >= 11 is 0. The number of fused-ring (bicyclic) bond motifs is 1. The van der Waals surface area contributed by atoms with Gasteiger partial charge in [-0.05, 0) is 91.8 Å². The molecule has 0 amide bonds. The first-order chi connectivity index (χ1) is 14.5. The van der Waals surface area contributed by atoms with Gasteiger partial charge in [0.15, 0.2) is 0 Å². The minimum atomic E-state index is -3.70. The van der Waals surface area contributed by atoms with Gasteiger partial charge in [0.2, 0.25) is 5.88 Å². The molecule has 1 aliphatic rings. The smallest absolute Gasteiger partial charge is 0.261 e. The Morgan fingerprint density at radius 2 is 1.87 bits per heavy atom. The summed E-state index contributed by atoms with van der Waals surface area (Å²) in [6.07, 6.45) is 5.72. The number of nitriles is 1. The first-order valence-electron chi connectivity index (χ1n) is 9.74. The number of hydrogen-bond acceptors (Lipinski definition) is 5. The molecule has 0 radical (unpaired) electrons. The summed E-state index contributed by atoms with van der Waals surface area (Å²) in [7, 11) is -3.70. The maximum absolute atomic E-state index is 12.9. The molecule has 0 saturated carbocycles. The van der Waals surface area contributed by atoms with Crippen molar-refractivity contribution in [3.05, 3.63) is 77.0 Å². The zero-order valence-electron chi connectivity index (χ0n) is 16.6. The molecule has 0 saturated heterocycles. The Bertz CT molecular complexity index is 1250. The second-order valence-corrected chi connectivity index (χ2v) is 8.97. The number of rotatable bonds is 5. The topological polar surface area (TPSA) is 92.1 Å². The van der Waals surface area contributed by atoms with Crippen LogP contribution in [0.15, 0.2) is 59.6 Å². The molecule has 6 nitrogen and oxygen atoms in total. The molecular formula is C23H21N3O3S. The van der Waals surface area contributed by atoms with Crippen LogP contribution in [0.5, 0.6) is 11.6 Å². The highest BCUT2D eigenvalue weighted by molar-refractivity contribution is 7.92. The number of nitrogens with one attached hydrogen (secondary N) is 1. The van der Waals surface area contributed by atoms with Crippen molar-refractivity contribution in [3.63, 3.8) is 0 Å². The lowest BCUT2D eigenvalue weighted by atomic mass is 9.92. The van der Waals surface area contributed by atoms with E-state index in [1.807, 2.05) is 12.1 Å². The van der Waals surface area contributed by atoms with Crippen molar-refractivity contribution >= 4 is 15.7 Å². The molecule has 0 unspecified atom stereocenters. The molecule has 1 N–H and O–H groups in total. The van der Waals surface area contributed by atoms with E-state index in [4.69, 9.17) is 10.00 Å². The van der Waals surface area contributed by atoms with Gasteiger partial charge in [-0.1, -0.05) is 6.07 Å². The maximum Gasteiger partial charge on any atom is 0.261 e. The van der Waals surface area contributed by atoms with Crippen molar-refractivity contribution in [2.45, 2.75) is 37.5 Å². The predicted octanol–water partition coefficient (Wildman–Crippen LogP) is 4.73. The Morgan fingerprint density at radius 3 is 2.63 bits per heavy atom. The van der Waals surface area contributed by atoms with Gasteiger partial charge in [0.1, 0.15) is 17.4 Å². The SMILES string of the molecule is Cc1cc(Oc2ncccc2C#N)ccc1NS(=O)(=O)c1ccc2c(c1)CCCC2. The fraction of sp³-hybridized carbons (Fsp3) is 0.217. The molecule has 1 aromatic heterocycles. The second kappa shape index (κ2) is 8.17. The fourth-order valence-corrected chi connectivity index (χ4v) is 4.74. The first-order valence-corrected chi connectivity index (χ1v) is 11.2. The molecule has 1 heterocycles. The van der Waals surface area contributed by atoms with E-state index in [9.17, 15) is 8.42 Å². The third kappa shape index (κ3) is 4.14. The molecule has 0 aliphatic heterocycles. The van der Waals surface area contributed by atoms with E-state index >= 15 is 0 Å². The largest absolute Gasteiger partial charge is 0.438 e. The lowest BCUT2D eigenvalue weighted by Crippen LogP contribution is -2.15. The molecule has 152 valence electrons. The molecule has 0 bridgehead atoms. The number of benzene rings is 2. The number of ether oxygens (including phenoxy) is 1. The van der Waals surface area contributed by atoms with E-state index in [0.717, 1.165) is 31.2 Å². The van der Waals surface area contributed by atoms with E-state index < -0.39 is 10.0 Å². The molecule has 0 spiro atoms. The average molecular weight is 420 g/mol. The van der Waals surface area contributed by atoms with Gasteiger partial charge < -0.3 is 4.74 Å². The Morgan fingerprint density at radius 1 is 1.07 bits per heavy atom. The zero-order chi connectivity index (χ0) is 21.1. The molecule has 3 aromatic rings. The Labute approximate surface area is 176 Å². The first kappa shape index (κ1) is 19.9. The summed E-state index contributed by atoms with van der Waals surface area (Å²) in [6.45, 7) is 1.79. The highest BCUT2D eigenvalue weighted by Gasteiger charge is 2.19. The van der Waals surface area contributed by atoms with Crippen LogP contribution in [0.3, 0.4) is 0 Å². The lowest BCUT2D eigenvalue weighted by Gasteiger charge is -2.17. The van der Waals surface area contributed by atoms with Crippen molar-refractivity contribution in [3.8, 4) is 17.7 Å². The van der Waals surface area contributed by atoms with Crippen molar-refractivity contribution in [2.75, 3.05) is 4.72 Å². The zero-order valence-corrected chi connectivity index (χ0v) is 17.4. The second-order valence-electron chi connectivity index (χ2n) is 7.29. The minimum Gasteiger partial charge on any atom is -0.438 e. The van der Waals surface area contributed by atoms with Crippen molar-refractivity contribution < 1.29 is 13.2 Å². The number of nitrogens with zero attached hydrogens (tertiary/aromatic N) is 2. The summed E-state index contributed by atoms with van der Waals surface area (Å²) in [5.74, 6) is 0.682. The van der Waals surface area contributed by atoms with Crippen LogP contribution in [0.1, 0.15) is 35.1 Å². The van der Waals surface area contributed by atoms with E-state index in [0.29, 0.717) is 22.6 Å². The monoisotopic (exact) mass is 419 g/mol. The number of aryl methyl sites for hydroxylation is 3. The Hall–Kier alpha value is -3.37. The van der Waals surface area contributed by atoms with Crippen LogP contribution < -0.4 is 9.46 Å². The van der Waals surface area contributed by atoms with Gasteiger partial charge in [0, 0.05) is 6.20 Å². The van der Waals surface area contributed by atoms with Crippen LogP contribution in [0.25, 0.3) is 0 Å². The highest BCUT2D eigenvalue weighted by atomic mass is 32.2. The van der Waals surface area contributed by atoms with Gasteiger partial charge in [-0.2, -0.15) is 5.26 Å². The summed E-state index contributed by atoms with van der Waals surface area (Å²) in [5.41, 5.74) is 3.86. The van der Waals surface area contributed by atoms with Crippen molar-refractivity contribution in [1.29, 1.82) is 5.26 Å². The summed E-state index contributed by atoms with van der Waals surface area (Å²) < 4.78 is 34.2. The standard InChI is InChI=1S/C23H21N3O3S/c1-16-13-20(29-23-19(15-24)7-4-12-25-23)9-11-22(16)26-30(27,28)21-10-8-17-5-2-3-6-18(17)14-21/h4,7-14,26H,2-3,5-6H2,1H3. The van der Waals surface area contributed by atoms with Crippen LogP contribution in [0.4, 0.5) is 5.69 Å². The Kier molecular flexibility index (Phi) is 5.42. The van der Waals surface area contributed by atoms with E-state index in [-0.39, 0.29) is 10.8 Å². The number of hydrogen-bond donors (Lipinski definition) is 1. The van der Waals surface area contributed by atoms with Crippen LogP contribution in [-0.2, 0) is 22.9 Å². The van der Waals surface area contributed by atoms with Crippen LogP contribution >= 0.6 is 0 Å². The normalized spacial score (nSPS) is 13.2. The minimum absolute atomic E-state index is 0.210. The predicted molar refractivity (Wildman–Crippen MR) is 114 cm³/mol. The van der Waals surface area contributed by atoms with Gasteiger partial charge in [-0.15, -0.1) is 0 Å². The van der Waals surface area contributed by atoms with Gasteiger partial charge in [-0.25, -0.2) is 13.4 Å². The summed E-state index contributed by atoms with van der Waals surface area (Å²) in [4.78, 5) is 4.35. The van der Waals surface area contributed by atoms with Gasteiger partial charge in [0.25, 0.3) is 10.0 Å². The number of pyridine rings is 1. The Balaban J connectivity index is 1.55. The molecule has 2 aromatic carbocycles. The summed E-state index contributed by atoms with van der Waals surface area (Å²) in [6, 6.07) is 15.7. The van der Waals surface area contributed by atoms with Gasteiger partial charge >= 0.3 is 0 Å². The molecule has 0 atom stereocenters. The third-order valence-electron chi connectivity index (χ3n) is 5.18.